The zero-order valence-corrected chi connectivity index (χ0v) is 44.0. The van der Waals surface area contributed by atoms with Crippen LogP contribution in [0.5, 0.6) is 0 Å². The molecule has 0 aliphatic rings. The van der Waals surface area contributed by atoms with Crippen LogP contribution in [0.1, 0.15) is 297 Å². The molecule has 0 saturated heterocycles. The lowest BCUT2D eigenvalue weighted by molar-refractivity contribution is -0.167. The summed E-state index contributed by atoms with van der Waals surface area (Å²) in [6, 6.07) is 0. The minimum absolute atomic E-state index is 0.0806. The Morgan fingerprint density at radius 3 is 0.939 bits per heavy atom. The van der Waals surface area contributed by atoms with Gasteiger partial charge in [-0.2, -0.15) is 0 Å². The van der Waals surface area contributed by atoms with Crippen molar-refractivity contribution in [3.63, 3.8) is 0 Å². The molecule has 0 aliphatic carbocycles. The lowest BCUT2D eigenvalue weighted by Crippen LogP contribution is -2.30. The van der Waals surface area contributed by atoms with E-state index >= 15 is 0 Å². The summed E-state index contributed by atoms with van der Waals surface area (Å²) >= 11 is 0. The van der Waals surface area contributed by atoms with Crippen molar-refractivity contribution in [2.24, 2.45) is 0 Å². The van der Waals surface area contributed by atoms with E-state index in [2.05, 4.69) is 69.4 Å². The summed E-state index contributed by atoms with van der Waals surface area (Å²) < 4.78 is 16.8. The first-order valence-electron chi connectivity index (χ1n) is 28.6. The molecule has 0 fully saturated rings. The normalized spacial score (nSPS) is 12.3. The zero-order valence-electron chi connectivity index (χ0n) is 44.0. The minimum Gasteiger partial charge on any atom is -0.462 e. The van der Waals surface area contributed by atoms with Crippen molar-refractivity contribution < 1.29 is 28.6 Å². The van der Waals surface area contributed by atoms with Gasteiger partial charge >= 0.3 is 17.9 Å². The summed E-state index contributed by atoms with van der Waals surface area (Å²) in [6.45, 7) is 6.56. The van der Waals surface area contributed by atoms with E-state index in [1.165, 1.54) is 161 Å². The lowest BCUT2D eigenvalue weighted by Gasteiger charge is -2.18. The Kier molecular flexibility index (Phi) is 52.8. The van der Waals surface area contributed by atoms with Gasteiger partial charge in [0.25, 0.3) is 0 Å². The van der Waals surface area contributed by atoms with Crippen LogP contribution in [0.25, 0.3) is 0 Å². The minimum atomic E-state index is -0.782. The summed E-state index contributed by atoms with van der Waals surface area (Å²) in [5, 5.41) is 0. The highest BCUT2D eigenvalue weighted by Gasteiger charge is 2.19. The molecule has 6 heteroatoms. The molecule has 0 aromatic carbocycles. The highest BCUT2D eigenvalue weighted by Crippen LogP contribution is 2.16. The van der Waals surface area contributed by atoms with E-state index in [0.717, 1.165) is 96.3 Å². The van der Waals surface area contributed by atoms with E-state index in [1.807, 2.05) is 0 Å². The summed E-state index contributed by atoms with van der Waals surface area (Å²) in [5.74, 6) is -0.897. The van der Waals surface area contributed by atoms with Gasteiger partial charge in [-0.05, 0) is 96.3 Å². The number of allylic oxidation sites excluding steroid dienone is 8. The van der Waals surface area contributed by atoms with E-state index in [4.69, 9.17) is 14.2 Å². The Hall–Kier alpha value is -2.63. The van der Waals surface area contributed by atoms with Gasteiger partial charge in [0.1, 0.15) is 13.2 Å². The second-order valence-corrected chi connectivity index (χ2v) is 19.2. The van der Waals surface area contributed by atoms with Gasteiger partial charge in [-0.1, -0.05) is 230 Å². The van der Waals surface area contributed by atoms with Gasteiger partial charge in [0.2, 0.25) is 0 Å². The van der Waals surface area contributed by atoms with Crippen LogP contribution in [0.3, 0.4) is 0 Å². The molecule has 1 atom stereocenters. The smallest absolute Gasteiger partial charge is 0.306 e. The molecule has 0 bridgehead atoms. The molecule has 0 aromatic rings. The monoisotopic (exact) mass is 925 g/mol. The third-order valence-corrected chi connectivity index (χ3v) is 12.5. The average Bonchev–Trinajstić information content (AvgIpc) is 3.31. The first-order chi connectivity index (χ1) is 32.5. The molecule has 0 radical (unpaired) electrons. The number of carbonyl (C=O) groups excluding carboxylic acids is 3. The first-order valence-corrected chi connectivity index (χ1v) is 28.6. The van der Waals surface area contributed by atoms with Crippen molar-refractivity contribution in [1.82, 2.24) is 0 Å². The number of hydrogen-bond acceptors (Lipinski definition) is 6. The van der Waals surface area contributed by atoms with Crippen molar-refractivity contribution in [3.8, 4) is 0 Å². The average molecular weight is 926 g/mol. The molecule has 0 saturated carbocycles. The van der Waals surface area contributed by atoms with Crippen LogP contribution in [-0.2, 0) is 28.6 Å². The van der Waals surface area contributed by atoms with Crippen LogP contribution in [0.4, 0.5) is 0 Å². The highest BCUT2D eigenvalue weighted by molar-refractivity contribution is 5.71. The van der Waals surface area contributed by atoms with Gasteiger partial charge in [0, 0.05) is 19.3 Å². The molecule has 0 rings (SSSR count). The van der Waals surface area contributed by atoms with Crippen LogP contribution in [-0.4, -0.2) is 37.2 Å². The maximum absolute atomic E-state index is 12.8. The predicted octanol–water partition coefficient (Wildman–Crippen LogP) is 19.0. The second-order valence-electron chi connectivity index (χ2n) is 19.2. The van der Waals surface area contributed by atoms with Crippen LogP contribution in [0.15, 0.2) is 48.6 Å². The Labute approximate surface area is 409 Å². The first kappa shape index (κ1) is 63.4. The number of hydrogen-bond donors (Lipinski definition) is 0. The summed E-state index contributed by atoms with van der Waals surface area (Å²) in [7, 11) is 0. The largest absolute Gasteiger partial charge is 0.462 e. The number of ether oxygens (including phenoxy) is 3. The van der Waals surface area contributed by atoms with Crippen molar-refractivity contribution in [1.29, 1.82) is 0 Å². The summed E-state index contributed by atoms with van der Waals surface area (Å²) in [5.41, 5.74) is 0. The fourth-order valence-electron chi connectivity index (χ4n) is 8.18. The number of unbranched alkanes of at least 4 members (excludes halogenated alkanes) is 33. The fraction of sp³-hybridized carbons (Fsp3) is 0.817. The molecule has 0 aliphatic heterocycles. The van der Waals surface area contributed by atoms with E-state index in [-0.39, 0.29) is 31.1 Å². The number of carbonyl (C=O) groups is 3. The highest BCUT2D eigenvalue weighted by atomic mass is 16.6. The molecule has 0 aromatic heterocycles. The maximum Gasteiger partial charge on any atom is 0.306 e. The molecule has 66 heavy (non-hydrogen) atoms. The lowest BCUT2D eigenvalue weighted by atomic mass is 10.0. The predicted molar refractivity (Wildman–Crippen MR) is 284 cm³/mol. The van der Waals surface area contributed by atoms with Gasteiger partial charge in [-0.3, -0.25) is 14.4 Å². The van der Waals surface area contributed by atoms with Crippen molar-refractivity contribution in [2.75, 3.05) is 13.2 Å². The summed E-state index contributed by atoms with van der Waals surface area (Å²) in [6.07, 6.45) is 66.8. The number of esters is 3. The van der Waals surface area contributed by atoms with Crippen LogP contribution < -0.4 is 0 Å². The molecule has 0 spiro atoms. The Morgan fingerprint density at radius 2 is 0.576 bits per heavy atom. The Balaban J connectivity index is 4.25. The maximum atomic E-state index is 12.8. The molecule has 0 heterocycles. The van der Waals surface area contributed by atoms with Crippen LogP contribution >= 0.6 is 0 Å². The molecule has 384 valence electrons. The van der Waals surface area contributed by atoms with E-state index in [1.54, 1.807) is 0 Å². The van der Waals surface area contributed by atoms with Crippen LogP contribution in [0.2, 0.25) is 0 Å². The van der Waals surface area contributed by atoms with Crippen molar-refractivity contribution in [3.05, 3.63) is 48.6 Å². The second kappa shape index (κ2) is 55.0. The third kappa shape index (κ3) is 52.3. The fourth-order valence-corrected chi connectivity index (χ4v) is 8.18. The zero-order chi connectivity index (χ0) is 47.9. The number of rotatable bonds is 52. The molecule has 0 N–H and O–H groups in total. The molecular formula is C60H108O6. The molecule has 1 unspecified atom stereocenters. The SMILES string of the molecule is CCC/C=C\CCCCCCCC(=O)OCC(COC(=O)CCCCCCCCCCCCC/C=C\CCCCCCCCCC)OC(=O)CCCCCCC/C=C\C/C=C\CCCCC. The summed E-state index contributed by atoms with van der Waals surface area (Å²) in [4.78, 5) is 38.0. The van der Waals surface area contributed by atoms with Crippen molar-refractivity contribution >= 4 is 17.9 Å². The quantitative estimate of drug-likeness (QED) is 0.0262. The van der Waals surface area contributed by atoms with Gasteiger partial charge in [0.15, 0.2) is 6.10 Å². The topological polar surface area (TPSA) is 78.9 Å². The molecule has 0 amide bonds. The van der Waals surface area contributed by atoms with Gasteiger partial charge in [-0.15, -0.1) is 0 Å². The molecule has 6 nitrogen and oxygen atoms in total. The van der Waals surface area contributed by atoms with E-state index in [9.17, 15) is 14.4 Å². The van der Waals surface area contributed by atoms with Crippen LogP contribution in [0, 0.1) is 0 Å². The standard InChI is InChI=1S/C60H108O6/c1-4-7-10-13-16-19-22-24-26-27-28-29-30-31-32-33-35-36-38-41-44-47-50-53-59(62)65-56-57(55-64-58(61)52-49-46-43-40-21-18-15-12-9-6-3)66-60(63)54-51-48-45-42-39-37-34-25-23-20-17-14-11-8-5-2/h12,15,17,20,25,27-28,34,57H,4-11,13-14,16,18-19,21-24,26,29-33,35-56H2,1-3H3/b15-12-,20-17-,28-27-,34-25-. The third-order valence-electron chi connectivity index (χ3n) is 12.5. The Morgan fingerprint density at radius 1 is 0.303 bits per heavy atom. The van der Waals surface area contributed by atoms with E-state index < -0.39 is 6.10 Å². The van der Waals surface area contributed by atoms with E-state index in [0.29, 0.717) is 19.3 Å². The van der Waals surface area contributed by atoms with Gasteiger partial charge < -0.3 is 14.2 Å². The Bertz CT molecular complexity index is 1150. The van der Waals surface area contributed by atoms with Gasteiger partial charge in [-0.25, -0.2) is 0 Å². The van der Waals surface area contributed by atoms with Gasteiger partial charge in [0.05, 0.1) is 0 Å². The van der Waals surface area contributed by atoms with Crippen molar-refractivity contribution in [2.45, 2.75) is 303 Å². The molecular weight excluding hydrogens is 817 g/mol.